The van der Waals surface area contributed by atoms with Crippen molar-refractivity contribution in [3.63, 3.8) is 0 Å². The summed E-state index contributed by atoms with van der Waals surface area (Å²) in [6.07, 6.45) is 0. The van der Waals surface area contributed by atoms with E-state index in [9.17, 15) is 13.6 Å². The van der Waals surface area contributed by atoms with Crippen LogP contribution in [-0.2, 0) is 11.3 Å². The lowest BCUT2D eigenvalue weighted by molar-refractivity contribution is -1.02. The zero-order valence-corrected chi connectivity index (χ0v) is 16.3. The average Bonchev–Trinajstić information content (AvgIpc) is 3.18. The van der Waals surface area contributed by atoms with Crippen molar-refractivity contribution in [3.8, 4) is 11.5 Å². The largest absolute Gasteiger partial charge is 0.454 e. The van der Waals surface area contributed by atoms with Gasteiger partial charge in [0.1, 0.15) is 32.7 Å². The third kappa shape index (κ3) is 4.49. The number of halogens is 2. The Morgan fingerprint density at radius 3 is 2.55 bits per heavy atom. The molecule has 0 bridgehead atoms. The van der Waals surface area contributed by atoms with Gasteiger partial charge in [0.05, 0.1) is 0 Å². The van der Waals surface area contributed by atoms with Crippen LogP contribution >= 0.6 is 0 Å². The summed E-state index contributed by atoms with van der Waals surface area (Å²) in [5.74, 6) is -0.496. The number of carbonyl (C=O) groups excluding carboxylic acids is 1. The maximum Gasteiger partial charge on any atom is 0.282 e. The van der Waals surface area contributed by atoms with Gasteiger partial charge in [-0.05, 0) is 37.3 Å². The lowest BCUT2D eigenvalue weighted by Gasteiger charge is -2.32. The number of hydrogen-bond acceptors (Lipinski definition) is 3. The first-order chi connectivity index (χ1) is 14.0. The summed E-state index contributed by atoms with van der Waals surface area (Å²) < 4.78 is 37.2. The molecule has 4 rings (SSSR count). The Bertz CT molecular complexity index is 901. The Kier molecular flexibility index (Phi) is 5.64. The Balaban J connectivity index is 1.28. The molecule has 1 amide bonds. The first-order valence-corrected chi connectivity index (χ1v) is 9.82. The molecular weight excluding hydrogens is 380 g/mol. The van der Waals surface area contributed by atoms with Gasteiger partial charge in [-0.15, -0.1) is 0 Å². The fourth-order valence-electron chi connectivity index (χ4n) is 3.88. The molecule has 8 heteroatoms. The minimum absolute atomic E-state index is 0.190. The topological polar surface area (TPSA) is 56.4 Å². The third-order valence-corrected chi connectivity index (χ3v) is 5.68. The summed E-state index contributed by atoms with van der Waals surface area (Å²) in [6, 6.07) is 9.16. The number of carbonyl (C=O) groups is 1. The minimum Gasteiger partial charge on any atom is -0.454 e. The zero-order valence-electron chi connectivity index (χ0n) is 16.3. The van der Waals surface area contributed by atoms with Crippen molar-refractivity contribution in [2.75, 3.05) is 38.3 Å². The van der Waals surface area contributed by atoms with E-state index in [4.69, 9.17) is 9.47 Å². The summed E-state index contributed by atoms with van der Waals surface area (Å²) in [5.41, 5.74) is 1.48. The van der Waals surface area contributed by atoms with Gasteiger partial charge >= 0.3 is 0 Å². The van der Waals surface area contributed by atoms with Crippen molar-refractivity contribution in [2.24, 2.45) is 0 Å². The van der Waals surface area contributed by atoms with Gasteiger partial charge in [0, 0.05) is 17.3 Å². The molecule has 2 aromatic carbocycles. The van der Waals surface area contributed by atoms with Crippen molar-refractivity contribution in [1.29, 1.82) is 0 Å². The van der Waals surface area contributed by atoms with Crippen LogP contribution in [0.4, 0.5) is 14.5 Å². The van der Waals surface area contributed by atoms with Gasteiger partial charge in [0.15, 0.2) is 29.2 Å². The SMILES string of the molecule is C[C@H](C(=O)Nc1ccc(F)c(F)c1)[NH+]1CC[NH+](Cc2ccc3c(c2)OCO3)CC1. The second-order valence-corrected chi connectivity index (χ2v) is 7.61. The number of ether oxygens (including phenoxy) is 2. The van der Waals surface area contributed by atoms with Gasteiger partial charge < -0.3 is 24.6 Å². The van der Waals surface area contributed by atoms with Crippen molar-refractivity contribution in [1.82, 2.24) is 0 Å². The van der Waals surface area contributed by atoms with Crippen molar-refractivity contribution >= 4 is 11.6 Å². The van der Waals surface area contributed by atoms with Gasteiger partial charge in [-0.2, -0.15) is 0 Å². The van der Waals surface area contributed by atoms with Crippen LogP contribution in [0.2, 0.25) is 0 Å². The molecule has 1 saturated heterocycles. The van der Waals surface area contributed by atoms with E-state index in [0.717, 1.165) is 56.4 Å². The fourth-order valence-corrected chi connectivity index (χ4v) is 3.88. The molecule has 2 aliphatic heterocycles. The van der Waals surface area contributed by atoms with E-state index < -0.39 is 11.6 Å². The van der Waals surface area contributed by atoms with Crippen LogP contribution in [-0.4, -0.2) is 44.9 Å². The summed E-state index contributed by atoms with van der Waals surface area (Å²) in [5, 5.41) is 2.68. The van der Waals surface area contributed by atoms with Crippen molar-refractivity contribution in [3.05, 3.63) is 53.6 Å². The molecular formula is C21H25F2N3O3+2. The Morgan fingerprint density at radius 2 is 1.79 bits per heavy atom. The van der Waals surface area contributed by atoms with Crippen molar-refractivity contribution in [2.45, 2.75) is 19.5 Å². The maximum absolute atomic E-state index is 13.3. The lowest BCUT2D eigenvalue weighted by atomic mass is 10.1. The van der Waals surface area contributed by atoms with Gasteiger partial charge in [-0.1, -0.05) is 0 Å². The van der Waals surface area contributed by atoms with E-state index in [-0.39, 0.29) is 24.4 Å². The lowest BCUT2D eigenvalue weighted by Crippen LogP contribution is -3.29. The van der Waals surface area contributed by atoms with E-state index in [1.807, 2.05) is 19.1 Å². The van der Waals surface area contributed by atoms with Crippen LogP contribution in [0.15, 0.2) is 36.4 Å². The number of piperazine rings is 1. The highest BCUT2D eigenvalue weighted by molar-refractivity contribution is 5.93. The number of benzene rings is 2. The third-order valence-electron chi connectivity index (χ3n) is 5.68. The van der Waals surface area contributed by atoms with Crippen LogP contribution in [0.5, 0.6) is 11.5 Å². The van der Waals surface area contributed by atoms with E-state index in [2.05, 4.69) is 11.4 Å². The van der Waals surface area contributed by atoms with Crippen LogP contribution < -0.4 is 24.6 Å². The Labute approximate surface area is 168 Å². The van der Waals surface area contributed by atoms with Gasteiger partial charge in [-0.3, -0.25) is 4.79 Å². The van der Waals surface area contributed by atoms with Gasteiger partial charge in [0.25, 0.3) is 5.91 Å². The quantitative estimate of drug-likeness (QED) is 0.657. The van der Waals surface area contributed by atoms with Crippen LogP contribution in [0.25, 0.3) is 0 Å². The number of quaternary nitrogens is 2. The molecule has 2 aromatic rings. The Morgan fingerprint density at radius 1 is 1.03 bits per heavy atom. The highest BCUT2D eigenvalue weighted by Gasteiger charge is 2.31. The second kappa shape index (κ2) is 8.34. The molecule has 154 valence electrons. The molecule has 6 nitrogen and oxygen atoms in total. The summed E-state index contributed by atoms with van der Waals surface area (Å²) in [6.45, 7) is 6.68. The van der Waals surface area contributed by atoms with E-state index in [0.29, 0.717) is 0 Å². The molecule has 29 heavy (non-hydrogen) atoms. The maximum atomic E-state index is 13.3. The molecule has 2 aliphatic rings. The van der Waals surface area contributed by atoms with E-state index >= 15 is 0 Å². The minimum atomic E-state index is -0.969. The number of fused-ring (bicyclic) bond motifs is 1. The molecule has 0 radical (unpaired) electrons. The smallest absolute Gasteiger partial charge is 0.282 e. The number of amides is 1. The molecule has 1 atom stereocenters. The molecule has 0 aliphatic carbocycles. The molecule has 2 heterocycles. The second-order valence-electron chi connectivity index (χ2n) is 7.61. The number of nitrogens with one attached hydrogen (secondary N) is 3. The van der Waals surface area contributed by atoms with E-state index in [1.165, 1.54) is 21.4 Å². The van der Waals surface area contributed by atoms with E-state index in [1.54, 1.807) is 0 Å². The number of rotatable bonds is 5. The first kappa shape index (κ1) is 19.6. The molecule has 0 aromatic heterocycles. The molecule has 1 fully saturated rings. The summed E-state index contributed by atoms with van der Waals surface area (Å²) in [7, 11) is 0. The highest BCUT2D eigenvalue weighted by atomic mass is 19.2. The predicted octanol–water partition coefficient (Wildman–Crippen LogP) is 0.00410. The van der Waals surface area contributed by atoms with Gasteiger partial charge in [0.2, 0.25) is 6.79 Å². The standard InChI is InChI=1S/C21H23F2N3O3/c1-14(21(27)24-16-3-4-17(22)18(23)11-16)26-8-6-25(7-9-26)12-15-2-5-19-20(10-15)29-13-28-19/h2-5,10-11,14H,6-9,12-13H2,1H3,(H,24,27)/p+2/t14-/m1/s1. The molecule has 0 spiro atoms. The zero-order chi connectivity index (χ0) is 20.4. The summed E-state index contributed by atoms with van der Waals surface area (Å²) >= 11 is 0. The summed E-state index contributed by atoms with van der Waals surface area (Å²) in [4.78, 5) is 15.2. The Hall–Kier alpha value is -2.71. The first-order valence-electron chi connectivity index (χ1n) is 9.82. The normalized spacial score (nSPS) is 21.6. The number of anilines is 1. The van der Waals surface area contributed by atoms with Gasteiger partial charge in [-0.25, -0.2) is 8.78 Å². The molecule has 3 N–H and O–H groups in total. The number of hydrogen-bond donors (Lipinski definition) is 3. The van der Waals surface area contributed by atoms with Crippen LogP contribution in [0.3, 0.4) is 0 Å². The van der Waals surface area contributed by atoms with Crippen LogP contribution in [0.1, 0.15) is 12.5 Å². The predicted molar refractivity (Wildman–Crippen MR) is 102 cm³/mol. The average molecular weight is 405 g/mol. The molecule has 0 unspecified atom stereocenters. The molecule has 0 saturated carbocycles. The monoisotopic (exact) mass is 405 g/mol. The fraction of sp³-hybridized carbons (Fsp3) is 0.381. The van der Waals surface area contributed by atoms with Crippen molar-refractivity contribution < 1.29 is 32.8 Å². The van der Waals surface area contributed by atoms with Crippen LogP contribution in [0, 0.1) is 11.6 Å². The highest BCUT2D eigenvalue weighted by Crippen LogP contribution is 2.32.